The van der Waals surface area contributed by atoms with Crippen LogP contribution in [0.2, 0.25) is 0 Å². The average Bonchev–Trinajstić information content (AvgIpc) is 1.64. The Balaban J connectivity index is 0.00000138. The number of carboxylic acid groups (broad SMARTS) is 1. The lowest BCUT2D eigenvalue weighted by Crippen LogP contribution is -2.14. The van der Waals surface area contributed by atoms with Gasteiger partial charge in [-0.05, 0) is 80.9 Å². The van der Waals surface area contributed by atoms with Crippen LogP contribution in [0.5, 0.6) is 0 Å². The maximum absolute atomic E-state index is 12.1. The van der Waals surface area contributed by atoms with Crippen molar-refractivity contribution < 1.29 is 44.7 Å². The highest BCUT2D eigenvalue weighted by atomic mass is 36.0. The topological polar surface area (TPSA) is 352 Å². The number of imidazole rings is 2. The quantitative estimate of drug-likeness (QED) is 0.00597. The summed E-state index contributed by atoms with van der Waals surface area (Å²) in [5.41, 5.74) is 14.5. The van der Waals surface area contributed by atoms with Crippen molar-refractivity contribution in [2.45, 2.75) is 360 Å². The van der Waals surface area contributed by atoms with Gasteiger partial charge < -0.3 is 46.7 Å². The van der Waals surface area contributed by atoms with Crippen LogP contribution in [0, 0.1) is 11.8 Å². The molecule has 103 heavy (non-hydrogen) atoms. The zero-order valence-corrected chi connectivity index (χ0v) is 66.8. The molecule has 0 unspecified atom stereocenters. The first-order valence-electron chi connectivity index (χ1n) is 39.4. The van der Waals surface area contributed by atoms with Crippen molar-refractivity contribution in [3.05, 3.63) is 70.0 Å². The van der Waals surface area contributed by atoms with Gasteiger partial charge in [-0.1, -0.05) is 296 Å². The van der Waals surface area contributed by atoms with Crippen molar-refractivity contribution in [1.82, 2.24) is 39.0 Å². The molecule has 0 radical (unpaired) electrons. The predicted molar refractivity (Wildman–Crippen MR) is 430 cm³/mol. The maximum Gasteiger partial charge on any atom is 0.303 e. The summed E-state index contributed by atoms with van der Waals surface area (Å²) >= 11 is 5.30. The number of nitrogens with two attached hydrogens (primary N) is 2. The first-order valence-corrected chi connectivity index (χ1v) is 42.6. The first kappa shape index (κ1) is 98.3. The number of halogens is 3. The van der Waals surface area contributed by atoms with Gasteiger partial charge in [0.2, 0.25) is 26.4 Å². The van der Waals surface area contributed by atoms with Gasteiger partial charge in [-0.3, -0.25) is 29.1 Å². The maximum atomic E-state index is 12.1. The van der Waals surface area contributed by atoms with Crippen LogP contribution in [0.1, 0.15) is 360 Å². The van der Waals surface area contributed by atoms with Gasteiger partial charge in [0.05, 0.1) is 31.3 Å². The molecule has 12 N–H and O–H groups in total. The lowest BCUT2D eigenvalue weighted by molar-refractivity contribution is -0.264. The summed E-state index contributed by atoms with van der Waals surface area (Å²) in [7, 11) is 7.36. The Hall–Kier alpha value is -4.68. The van der Waals surface area contributed by atoms with E-state index in [-0.39, 0.29) is 69.3 Å². The smallest absolute Gasteiger partial charge is 0.303 e. The minimum atomic E-state index is -1.67. The molecule has 0 bridgehead atoms. The fraction of sp³-hybridized carbons (Fsp3) is 0.769. The number of nitrogens with one attached hydrogen (secondary N) is 2. The SMILES string of the molecule is C=C(CCCCCCCCC[C@@H]1CC[C@H](n2cnc3c(=O)[nH]c(N)nc32)C1=C)OOCCCCCCCC.C=C1[C@H](CO)CC[C@@H]1n1cnc2c(=O)[nH]c(N)nc21.CCCCCCCCCCCCCCCCCC(=O)Cl.CCCCCCCCCCCCCCCCCC(=O)O.O.O.O=S(Cl)Cl. The summed E-state index contributed by atoms with van der Waals surface area (Å²) < 4.78 is 12.9. The molecule has 0 saturated heterocycles. The molecule has 2 aliphatic carbocycles. The number of nitrogen functional groups attached to an aromatic ring is 2. The van der Waals surface area contributed by atoms with Crippen molar-refractivity contribution >= 4 is 87.6 Å². The van der Waals surface area contributed by atoms with Crippen LogP contribution in [-0.4, -0.2) is 88.8 Å². The van der Waals surface area contributed by atoms with Gasteiger partial charge in [-0.15, -0.1) is 0 Å². The number of fused-ring (bicyclic) bond motifs is 2. The van der Waals surface area contributed by atoms with Crippen molar-refractivity contribution in [2.24, 2.45) is 11.8 Å². The van der Waals surface area contributed by atoms with Gasteiger partial charge >= 0.3 is 5.97 Å². The molecule has 0 spiro atoms. The summed E-state index contributed by atoms with van der Waals surface area (Å²) in [4.78, 5) is 77.0. The molecule has 21 nitrogen and oxygen atoms in total. The highest BCUT2D eigenvalue weighted by Gasteiger charge is 2.32. The monoisotopic (exact) mass is 1530 g/mol. The number of carboxylic acids is 1. The van der Waals surface area contributed by atoms with E-state index < -0.39 is 15.2 Å². The second-order valence-corrected chi connectivity index (χ2v) is 31.0. The van der Waals surface area contributed by atoms with E-state index in [9.17, 15) is 24.3 Å². The van der Waals surface area contributed by atoms with Gasteiger partial charge in [0.15, 0.2) is 22.3 Å². The molecule has 0 aromatic carbocycles. The number of anilines is 2. The summed E-state index contributed by atoms with van der Waals surface area (Å²) in [6, 6.07) is 0.147. The largest absolute Gasteiger partial charge is 0.481 e. The summed E-state index contributed by atoms with van der Waals surface area (Å²) in [5.74, 6) is 0.908. The number of hydrogen-bond acceptors (Lipinski definition) is 14. The van der Waals surface area contributed by atoms with E-state index >= 15 is 0 Å². The molecule has 4 heterocycles. The number of nitrogens with zero attached hydrogens (tertiary/aromatic N) is 6. The van der Waals surface area contributed by atoms with E-state index in [0.29, 0.717) is 42.2 Å². The number of aromatic amines is 2. The van der Waals surface area contributed by atoms with Crippen LogP contribution in [-0.2, 0) is 28.6 Å². The number of H-pyrrole nitrogens is 2. The number of carbonyl (C=O) groups excluding carboxylic acids is 1. The molecular formula is C78H139Cl3N10O11S. The van der Waals surface area contributed by atoms with Crippen molar-refractivity contribution in [3.8, 4) is 0 Å². The van der Waals surface area contributed by atoms with E-state index in [2.05, 4.69) is 91.8 Å². The lowest BCUT2D eigenvalue weighted by atomic mass is 9.95. The van der Waals surface area contributed by atoms with Crippen LogP contribution in [0.25, 0.3) is 22.3 Å². The van der Waals surface area contributed by atoms with E-state index in [1.165, 1.54) is 250 Å². The average molecular weight is 1530 g/mol. The van der Waals surface area contributed by atoms with Gasteiger partial charge in [0.1, 0.15) is 5.76 Å². The minimum absolute atomic E-state index is 0. The zero-order valence-electron chi connectivity index (χ0n) is 63.7. The van der Waals surface area contributed by atoms with Crippen molar-refractivity contribution in [1.29, 1.82) is 0 Å². The molecule has 25 heteroatoms. The number of rotatable bonds is 54. The normalized spacial score (nSPS) is 15.3. The number of hydrogen-bond donors (Lipinski definition) is 6. The predicted octanol–water partition coefficient (Wildman–Crippen LogP) is 20.5. The highest BCUT2D eigenvalue weighted by molar-refractivity contribution is 8.26. The number of aromatic nitrogens is 8. The number of aliphatic hydroxyl groups is 1. The summed E-state index contributed by atoms with van der Waals surface area (Å²) in [6.07, 6.45) is 66.4. The number of aliphatic hydroxyl groups excluding tert-OH is 1. The van der Waals surface area contributed by atoms with Gasteiger partial charge in [-0.2, -0.15) is 14.9 Å². The van der Waals surface area contributed by atoms with E-state index in [1.807, 2.05) is 9.13 Å². The first-order chi connectivity index (χ1) is 48.9. The van der Waals surface area contributed by atoms with Crippen LogP contribution < -0.4 is 22.6 Å². The van der Waals surface area contributed by atoms with Gasteiger partial charge in [-0.25, -0.2) is 14.2 Å². The fourth-order valence-electron chi connectivity index (χ4n) is 13.5. The summed E-state index contributed by atoms with van der Waals surface area (Å²) in [6.45, 7) is 20.0. The van der Waals surface area contributed by atoms with Crippen molar-refractivity contribution in [2.75, 3.05) is 24.7 Å². The van der Waals surface area contributed by atoms with Gasteiger partial charge in [0.25, 0.3) is 11.1 Å². The van der Waals surface area contributed by atoms with Crippen LogP contribution in [0.15, 0.2) is 58.9 Å². The van der Waals surface area contributed by atoms with Crippen LogP contribution in [0.3, 0.4) is 0 Å². The Bertz CT molecular complexity index is 2930. The number of aliphatic carboxylic acids is 1. The summed E-state index contributed by atoms with van der Waals surface area (Å²) in [5, 5.41) is 17.6. The Labute approximate surface area is 634 Å². The second-order valence-electron chi connectivity index (χ2n) is 28.0. The third-order valence-corrected chi connectivity index (χ3v) is 19.7. The van der Waals surface area contributed by atoms with E-state index in [4.69, 9.17) is 42.2 Å². The molecule has 4 aromatic heterocycles. The van der Waals surface area contributed by atoms with Crippen LogP contribution in [0.4, 0.5) is 11.9 Å². The number of unbranched alkanes of at least 4 members (excludes halogenated alkanes) is 39. The van der Waals surface area contributed by atoms with Crippen molar-refractivity contribution in [3.63, 3.8) is 0 Å². The van der Waals surface area contributed by atoms with Crippen LogP contribution >= 0.6 is 33.0 Å². The lowest BCUT2D eigenvalue weighted by Gasteiger charge is -2.17. The third-order valence-electron chi connectivity index (χ3n) is 19.5. The molecule has 2 fully saturated rings. The molecule has 2 saturated carbocycles. The third kappa shape index (κ3) is 46.9. The Morgan fingerprint density at radius 2 is 0.835 bits per heavy atom. The molecule has 6 rings (SSSR count). The zero-order chi connectivity index (χ0) is 74.1. The number of allylic oxidation sites excluding steroid dienone is 2. The standard InChI is InChI=1S/C30H49N5O3.C18H35ClO.C18H36O2.C12H15N5O2.Cl2OS.2H2O/c1-4-5-6-7-13-16-21-37-38-23(2)17-14-11-9-8-10-12-15-18-25-19-20-26(24(25)3)35-22-32-27-28(35)33-30(31)34-29(27)36;2*1-2-3-4-5-6-7-8-9-10-11-12-13-14-15-16-17-18(19)20;1-6-7(4-18)2-3-8(6)17-5-14-9-10(17)15-12(13)16-11(9)19;1-4(2)3;;/h22,25-26H,2-21H2,1H3,(H3,31,33,34,36);2-17H2,1H3;2-17H2,1H3,(H,19,20);5,7-8,18H,1-4H2,(H3,13,15,16,19);;2*1H2/t25-,26+;;;7-,8-;;;/m1..0.../s1. The Morgan fingerprint density at radius 1 is 0.524 bits per heavy atom. The fourth-order valence-corrected chi connectivity index (χ4v) is 13.6. The van der Waals surface area contributed by atoms with Gasteiger partial charge in [0, 0.05) is 53.2 Å². The molecule has 4 aromatic rings. The minimum Gasteiger partial charge on any atom is -0.481 e. The molecular weight excluding hydrogens is 1390 g/mol. The molecule has 0 aliphatic heterocycles. The molecule has 594 valence electrons. The molecule has 0 amide bonds. The second kappa shape index (κ2) is 64.5. The molecule has 4 atom stereocenters. The highest BCUT2D eigenvalue weighted by Crippen LogP contribution is 2.43. The van der Waals surface area contributed by atoms with E-state index in [0.717, 1.165) is 82.0 Å². The molecule has 2 aliphatic rings. The van der Waals surface area contributed by atoms with E-state index in [1.54, 1.807) is 12.7 Å². The number of carbonyl (C=O) groups is 2. The Morgan fingerprint density at radius 3 is 1.17 bits per heavy atom. The Kier molecular flexibility index (Phi) is 61.6.